The largest absolute Gasteiger partial charge is 0.507 e. The fourth-order valence-electron chi connectivity index (χ4n) is 8.57. The van der Waals surface area contributed by atoms with Crippen LogP contribution in [0.5, 0.6) is 5.75 Å². The molecular formula is C44H44N2O2. The Morgan fingerprint density at radius 3 is 2.21 bits per heavy atom. The van der Waals surface area contributed by atoms with E-state index in [9.17, 15) is 9.90 Å². The molecule has 0 heterocycles. The second kappa shape index (κ2) is 13.4. The second-order valence-electron chi connectivity index (χ2n) is 14.0. The van der Waals surface area contributed by atoms with Gasteiger partial charge < -0.3 is 5.11 Å². The van der Waals surface area contributed by atoms with Crippen molar-refractivity contribution in [3.05, 3.63) is 114 Å². The Hall–Kier alpha value is -4.70. The molecule has 5 aromatic rings. The number of benzene rings is 5. The van der Waals surface area contributed by atoms with Gasteiger partial charge in [-0.15, -0.1) is 0 Å². The maximum Gasteiger partial charge on any atom is 0.252 e. The van der Waals surface area contributed by atoms with Crippen LogP contribution < -0.4 is 0 Å². The van der Waals surface area contributed by atoms with Crippen LogP contribution in [0, 0.1) is 0 Å². The third-order valence-electron chi connectivity index (χ3n) is 11.0. The Kier molecular flexibility index (Phi) is 8.57. The minimum Gasteiger partial charge on any atom is -0.507 e. The van der Waals surface area contributed by atoms with Crippen molar-refractivity contribution in [1.82, 2.24) is 4.90 Å². The molecule has 4 nitrogen and oxygen atoms in total. The molecule has 242 valence electrons. The van der Waals surface area contributed by atoms with Crippen LogP contribution in [0.3, 0.4) is 0 Å². The molecule has 1 unspecified atom stereocenters. The minimum absolute atomic E-state index is 0.0297. The number of amidine groups is 1. The molecule has 0 aliphatic heterocycles. The van der Waals surface area contributed by atoms with Gasteiger partial charge in [0.25, 0.3) is 5.91 Å². The van der Waals surface area contributed by atoms with Gasteiger partial charge in [-0.2, -0.15) is 0 Å². The summed E-state index contributed by atoms with van der Waals surface area (Å²) < 4.78 is 0. The first-order valence-electron chi connectivity index (χ1n) is 18.1. The maximum atomic E-state index is 14.6. The number of phenolic OH excluding ortho intramolecular Hbond substituents is 1. The molecule has 5 aromatic carbocycles. The number of fused-ring (bicyclic) bond motifs is 7. The number of phenols is 1. The summed E-state index contributed by atoms with van der Waals surface area (Å²) in [6.45, 7) is 0. The first-order chi connectivity index (χ1) is 23.7. The first kappa shape index (κ1) is 30.6. The molecule has 3 aliphatic rings. The Labute approximate surface area is 283 Å². The molecule has 1 N–H and O–H groups in total. The number of allylic oxidation sites excluding steroid dienone is 1. The number of nitrogens with zero attached hydrogens (tertiary/aromatic N) is 2. The van der Waals surface area contributed by atoms with Crippen LogP contribution in [-0.2, 0) is 4.79 Å². The summed E-state index contributed by atoms with van der Waals surface area (Å²) in [7, 11) is 0. The smallest absolute Gasteiger partial charge is 0.252 e. The Morgan fingerprint density at radius 2 is 1.38 bits per heavy atom. The SMILES string of the molecule is O=C(/C=C/c1ccccc1O)N(C(=NC1CCCCC1)C1CC=Cc2ccc3c(ccc4c5ccccc5ccc34)c21)C1CCCCC1. The van der Waals surface area contributed by atoms with Crippen LogP contribution in [-0.4, -0.2) is 33.8 Å². The summed E-state index contributed by atoms with van der Waals surface area (Å²) in [5, 5.41) is 18.0. The molecule has 0 saturated heterocycles. The summed E-state index contributed by atoms with van der Waals surface area (Å²) >= 11 is 0. The van der Waals surface area contributed by atoms with E-state index < -0.39 is 0 Å². The van der Waals surface area contributed by atoms with Crippen molar-refractivity contribution in [2.24, 2.45) is 4.99 Å². The Bertz CT molecular complexity index is 2080. The van der Waals surface area contributed by atoms with Crippen LogP contribution >= 0.6 is 0 Å². The second-order valence-corrected chi connectivity index (χ2v) is 14.0. The fraction of sp³-hybridized carbons (Fsp3) is 0.318. The number of hydrogen-bond donors (Lipinski definition) is 1. The van der Waals surface area contributed by atoms with E-state index in [4.69, 9.17) is 4.99 Å². The van der Waals surface area contributed by atoms with E-state index in [1.54, 1.807) is 18.2 Å². The summed E-state index contributed by atoms with van der Waals surface area (Å²) in [5.74, 6) is 1.06. The predicted octanol–water partition coefficient (Wildman–Crippen LogP) is 11.0. The summed E-state index contributed by atoms with van der Waals surface area (Å²) in [6.07, 6.45) is 20.0. The lowest BCUT2D eigenvalue weighted by atomic mass is 9.80. The van der Waals surface area contributed by atoms with Gasteiger partial charge >= 0.3 is 0 Å². The van der Waals surface area contributed by atoms with E-state index in [-0.39, 0.29) is 29.7 Å². The molecule has 1 atom stereocenters. The third kappa shape index (κ3) is 5.83. The van der Waals surface area contributed by atoms with Gasteiger partial charge in [-0.05, 0) is 87.7 Å². The summed E-state index contributed by atoms with van der Waals surface area (Å²) in [4.78, 5) is 22.3. The molecule has 0 spiro atoms. The highest BCUT2D eigenvalue weighted by atomic mass is 16.3. The molecule has 0 bridgehead atoms. The van der Waals surface area contributed by atoms with Crippen LogP contribution in [0.1, 0.15) is 93.2 Å². The Balaban J connectivity index is 1.30. The van der Waals surface area contributed by atoms with Gasteiger partial charge in [-0.1, -0.05) is 130 Å². The molecule has 2 saturated carbocycles. The molecular weight excluding hydrogens is 588 g/mol. The number of carbonyl (C=O) groups is 1. The Morgan fingerprint density at radius 1 is 0.708 bits per heavy atom. The van der Waals surface area contributed by atoms with Crippen LogP contribution in [0.25, 0.3) is 44.5 Å². The molecule has 8 rings (SSSR count). The quantitative estimate of drug-likeness (QED) is 0.0907. The lowest BCUT2D eigenvalue weighted by Gasteiger charge is -2.39. The average Bonchev–Trinajstić information content (AvgIpc) is 3.14. The standard InChI is InChI=1S/C44H44N2O2/c47-41-21-10-8-13-31(41)24-29-42(48)46(34-17-5-2-6-18-34)44(45-33-15-3-1-4-16-33)40-20-11-14-32-23-26-38-37-25-22-30-12-7-9-19-35(30)36(37)27-28-39(38)43(32)40/h7-14,19,21-29,33-34,40,47H,1-6,15-18,20H2/b29-24+,45-44?. The summed E-state index contributed by atoms with van der Waals surface area (Å²) in [6, 6.07) is 29.9. The predicted molar refractivity (Wildman–Crippen MR) is 201 cm³/mol. The van der Waals surface area contributed by atoms with Crippen molar-refractivity contribution in [3.8, 4) is 5.75 Å². The molecule has 0 radical (unpaired) electrons. The molecule has 0 aromatic heterocycles. The normalized spacial score (nSPS) is 19.3. The fourth-order valence-corrected chi connectivity index (χ4v) is 8.57. The van der Waals surface area contributed by atoms with E-state index in [1.165, 1.54) is 69.1 Å². The van der Waals surface area contributed by atoms with Crippen LogP contribution in [0.2, 0.25) is 0 Å². The first-order valence-corrected chi connectivity index (χ1v) is 18.1. The van der Waals surface area contributed by atoms with Crippen LogP contribution in [0.15, 0.2) is 102 Å². The highest BCUT2D eigenvalue weighted by Crippen LogP contribution is 2.42. The molecule has 1 amide bonds. The highest BCUT2D eigenvalue weighted by molar-refractivity contribution is 6.19. The van der Waals surface area contributed by atoms with Gasteiger partial charge in [-0.3, -0.25) is 14.7 Å². The van der Waals surface area contributed by atoms with Crippen molar-refractivity contribution in [2.45, 2.75) is 88.6 Å². The molecule has 2 fully saturated rings. The highest BCUT2D eigenvalue weighted by Gasteiger charge is 2.36. The molecule has 4 heteroatoms. The van der Waals surface area contributed by atoms with E-state index in [0.717, 1.165) is 50.8 Å². The summed E-state index contributed by atoms with van der Waals surface area (Å²) in [5.41, 5.74) is 3.16. The zero-order valence-corrected chi connectivity index (χ0v) is 27.7. The van der Waals surface area contributed by atoms with Gasteiger partial charge in [0.15, 0.2) is 0 Å². The minimum atomic E-state index is -0.0343. The number of amides is 1. The number of aliphatic imine (C=N–C) groups is 1. The number of rotatable bonds is 5. The average molecular weight is 633 g/mol. The number of aromatic hydroxyl groups is 1. The van der Waals surface area contributed by atoms with Crippen molar-refractivity contribution < 1.29 is 9.90 Å². The number of carbonyl (C=O) groups excluding carboxylic acids is 1. The maximum absolute atomic E-state index is 14.6. The van der Waals surface area contributed by atoms with Gasteiger partial charge in [0.1, 0.15) is 11.6 Å². The van der Waals surface area contributed by atoms with Gasteiger partial charge in [0, 0.05) is 23.6 Å². The zero-order valence-electron chi connectivity index (χ0n) is 27.7. The van der Waals surface area contributed by atoms with Crippen LogP contribution in [0.4, 0.5) is 0 Å². The third-order valence-corrected chi connectivity index (χ3v) is 11.0. The van der Waals surface area contributed by atoms with Crippen molar-refractivity contribution in [3.63, 3.8) is 0 Å². The topological polar surface area (TPSA) is 52.9 Å². The van der Waals surface area contributed by atoms with Crippen molar-refractivity contribution in [1.29, 1.82) is 0 Å². The number of para-hydroxylation sites is 1. The van der Waals surface area contributed by atoms with E-state index in [0.29, 0.717) is 5.56 Å². The van der Waals surface area contributed by atoms with E-state index >= 15 is 0 Å². The van der Waals surface area contributed by atoms with Crippen molar-refractivity contribution >= 4 is 56.2 Å². The lowest BCUT2D eigenvalue weighted by Crippen LogP contribution is -2.48. The van der Waals surface area contributed by atoms with E-state index in [1.807, 2.05) is 18.2 Å². The monoisotopic (exact) mass is 632 g/mol. The van der Waals surface area contributed by atoms with Gasteiger partial charge in [0.05, 0.1) is 6.04 Å². The lowest BCUT2D eigenvalue weighted by molar-refractivity contribution is -0.124. The van der Waals surface area contributed by atoms with Crippen molar-refractivity contribution in [2.75, 3.05) is 0 Å². The molecule has 3 aliphatic carbocycles. The molecule has 48 heavy (non-hydrogen) atoms. The number of hydrogen-bond acceptors (Lipinski definition) is 3. The van der Waals surface area contributed by atoms with E-state index in [2.05, 4.69) is 77.7 Å². The zero-order chi connectivity index (χ0) is 32.5. The van der Waals surface area contributed by atoms with Gasteiger partial charge in [-0.25, -0.2) is 0 Å². The van der Waals surface area contributed by atoms with Gasteiger partial charge in [0.2, 0.25) is 0 Å².